The maximum Gasteiger partial charge on any atom is 0.255 e. The number of primary sulfonamides is 1. The lowest BCUT2D eigenvalue weighted by Gasteiger charge is -2.08. The predicted octanol–water partition coefficient (Wildman–Crippen LogP) is 2.44. The summed E-state index contributed by atoms with van der Waals surface area (Å²) < 4.78 is 22.9. The molecule has 0 aromatic heterocycles. The minimum absolute atomic E-state index is 0.0797. The molecule has 2 fully saturated rings. The summed E-state index contributed by atoms with van der Waals surface area (Å²) in [6, 6.07) is 14.1. The first-order valence-corrected chi connectivity index (χ1v) is 10.7. The molecule has 142 valence electrons. The first-order chi connectivity index (χ1) is 12.9. The predicted molar refractivity (Wildman–Crippen MR) is 104 cm³/mol. The van der Waals surface area contributed by atoms with Gasteiger partial charge < -0.3 is 10.6 Å². The van der Waals surface area contributed by atoms with E-state index in [1.165, 1.54) is 43.0 Å². The van der Waals surface area contributed by atoms with E-state index < -0.39 is 10.0 Å². The van der Waals surface area contributed by atoms with E-state index in [0.717, 1.165) is 12.5 Å². The average molecular weight is 385 g/mol. The van der Waals surface area contributed by atoms with Gasteiger partial charge >= 0.3 is 0 Å². The molecule has 0 spiro atoms. The minimum Gasteiger partial charge on any atom is -0.322 e. The number of hydrogen-bond donors (Lipinski definition) is 3. The second-order valence-corrected chi connectivity index (χ2v) is 9.01. The third-order valence-electron chi connectivity index (χ3n) is 5.18. The van der Waals surface area contributed by atoms with E-state index in [2.05, 4.69) is 10.6 Å². The van der Waals surface area contributed by atoms with Crippen molar-refractivity contribution in [2.24, 2.45) is 11.1 Å². The molecule has 2 atom stereocenters. The van der Waals surface area contributed by atoms with Gasteiger partial charge in [-0.25, -0.2) is 13.6 Å². The zero-order valence-electron chi connectivity index (χ0n) is 14.9. The van der Waals surface area contributed by atoms with Crippen LogP contribution >= 0.6 is 0 Å². The van der Waals surface area contributed by atoms with Crippen LogP contribution < -0.4 is 15.8 Å². The average Bonchev–Trinajstić information content (AvgIpc) is 3.54. The molecule has 0 heterocycles. The van der Waals surface area contributed by atoms with Gasteiger partial charge in [0.25, 0.3) is 5.91 Å². The first-order valence-electron chi connectivity index (χ1n) is 9.18. The van der Waals surface area contributed by atoms with Crippen molar-refractivity contribution in [2.75, 3.05) is 11.9 Å². The normalized spacial score (nSPS) is 21.7. The molecule has 1 amide bonds. The van der Waals surface area contributed by atoms with E-state index in [4.69, 9.17) is 5.14 Å². The molecule has 2 saturated carbocycles. The van der Waals surface area contributed by atoms with E-state index in [9.17, 15) is 13.2 Å². The summed E-state index contributed by atoms with van der Waals surface area (Å²) in [7, 11) is -3.84. The lowest BCUT2D eigenvalue weighted by molar-refractivity contribution is 0.102. The van der Waals surface area contributed by atoms with Crippen molar-refractivity contribution < 1.29 is 13.2 Å². The summed E-state index contributed by atoms with van der Waals surface area (Å²) in [5.74, 6) is 1.07. The molecule has 0 unspecified atom stereocenters. The topological polar surface area (TPSA) is 101 Å². The Balaban J connectivity index is 1.36. The van der Waals surface area contributed by atoms with Gasteiger partial charge in [-0.2, -0.15) is 0 Å². The van der Waals surface area contributed by atoms with Crippen LogP contribution in [0.1, 0.15) is 41.1 Å². The summed E-state index contributed by atoms with van der Waals surface area (Å²) in [4.78, 5) is 12.3. The highest BCUT2D eigenvalue weighted by Crippen LogP contribution is 2.41. The number of nitrogens with two attached hydrogens (primary N) is 1. The molecule has 4 N–H and O–H groups in total. The monoisotopic (exact) mass is 385 g/mol. The van der Waals surface area contributed by atoms with Crippen molar-refractivity contribution in [2.45, 2.75) is 36.1 Å². The van der Waals surface area contributed by atoms with Gasteiger partial charge in [0, 0.05) is 23.2 Å². The fourth-order valence-electron chi connectivity index (χ4n) is 3.26. The molecule has 0 saturated heterocycles. The van der Waals surface area contributed by atoms with E-state index in [-0.39, 0.29) is 16.4 Å². The third kappa shape index (κ3) is 4.55. The van der Waals surface area contributed by atoms with Crippen LogP contribution in [0, 0.1) is 5.92 Å². The van der Waals surface area contributed by atoms with Crippen LogP contribution in [0.5, 0.6) is 0 Å². The first kappa shape index (κ1) is 18.2. The molecular weight excluding hydrogens is 362 g/mol. The Labute approximate surface area is 159 Å². The molecule has 2 aliphatic carbocycles. The molecule has 6 nitrogen and oxygen atoms in total. The maximum absolute atomic E-state index is 12.4. The van der Waals surface area contributed by atoms with Crippen molar-refractivity contribution in [3.63, 3.8) is 0 Å². The second-order valence-electron chi connectivity index (χ2n) is 7.45. The molecule has 0 bridgehead atoms. The Morgan fingerprint density at radius 1 is 1.11 bits per heavy atom. The Kier molecular flexibility index (Phi) is 4.75. The van der Waals surface area contributed by atoms with Crippen LogP contribution in [0.3, 0.4) is 0 Å². The summed E-state index contributed by atoms with van der Waals surface area (Å²) in [6.45, 7) is 1.13. The van der Waals surface area contributed by atoms with Crippen LogP contribution in [-0.4, -0.2) is 26.9 Å². The Bertz CT molecular complexity index is 953. The van der Waals surface area contributed by atoms with Gasteiger partial charge in [-0.3, -0.25) is 4.79 Å². The van der Waals surface area contributed by atoms with E-state index >= 15 is 0 Å². The smallest absolute Gasteiger partial charge is 0.255 e. The van der Waals surface area contributed by atoms with Gasteiger partial charge in [0.2, 0.25) is 10.0 Å². The van der Waals surface area contributed by atoms with Crippen LogP contribution in [0.2, 0.25) is 0 Å². The standard InChI is InChI=1S/C20H23N3O3S/c21-27(25,26)17-3-1-2-15(10-17)20(24)23-16-8-6-14(7-9-16)18-11-19(18)22-12-13-4-5-13/h1-3,6-10,13,18-19,22H,4-5,11-12H2,(H,23,24)(H2,21,25,26)/t18-,19+/m0/s1. The zero-order valence-corrected chi connectivity index (χ0v) is 15.7. The lowest BCUT2D eigenvalue weighted by Crippen LogP contribution is -2.20. The Morgan fingerprint density at radius 3 is 2.52 bits per heavy atom. The molecule has 2 aliphatic rings. The summed E-state index contributed by atoms with van der Waals surface area (Å²) in [5, 5.41) is 11.5. The van der Waals surface area contributed by atoms with E-state index in [0.29, 0.717) is 17.6 Å². The molecule has 7 heteroatoms. The van der Waals surface area contributed by atoms with Gasteiger partial charge in [-0.15, -0.1) is 0 Å². The largest absolute Gasteiger partial charge is 0.322 e. The molecule has 0 radical (unpaired) electrons. The van der Waals surface area contributed by atoms with E-state index in [1.807, 2.05) is 24.3 Å². The molecular formula is C20H23N3O3S. The number of rotatable bonds is 7. The van der Waals surface area contributed by atoms with E-state index in [1.54, 1.807) is 6.07 Å². The number of amides is 1. The zero-order chi connectivity index (χ0) is 19.0. The second kappa shape index (κ2) is 7.07. The molecule has 0 aliphatic heterocycles. The van der Waals surface area contributed by atoms with Gasteiger partial charge in [-0.1, -0.05) is 18.2 Å². The number of hydrogen-bond acceptors (Lipinski definition) is 4. The summed E-state index contributed by atoms with van der Waals surface area (Å²) in [5.41, 5.74) is 2.20. The number of anilines is 1. The van der Waals surface area contributed by atoms with Gasteiger partial charge in [-0.05, 0) is 67.6 Å². The maximum atomic E-state index is 12.4. The van der Waals surface area contributed by atoms with Crippen LogP contribution in [0.25, 0.3) is 0 Å². The quantitative estimate of drug-likeness (QED) is 0.681. The number of sulfonamides is 1. The highest BCUT2D eigenvalue weighted by atomic mass is 32.2. The van der Waals surface area contributed by atoms with Gasteiger partial charge in [0.05, 0.1) is 4.90 Å². The van der Waals surface area contributed by atoms with Gasteiger partial charge in [0.15, 0.2) is 0 Å². The van der Waals surface area contributed by atoms with Crippen molar-refractivity contribution in [3.8, 4) is 0 Å². The fraction of sp³-hybridized carbons (Fsp3) is 0.350. The van der Waals surface area contributed by atoms with Crippen molar-refractivity contribution in [1.29, 1.82) is 0 Å². The molecule has 2 aromatic rings. The third-order valence-corrected chi connectivity index (χ3v) is 6.09. The van der Waals surface area contributed by atoms with Gasteiger partial charge in [0.1, 0.15) is 0 Å². The number of nitrogens with one attached hydrogen (secondary N) is 2. The summed E-state index contributed by atoms with van der Waals surface area (Å²) >= 11 is 0. The SMILES string of the molecule is NS(=O)(=O)c1cccc(C(=O)Nc2ccc([C@@H]3C[C@H]3NCC3CC3)cc2)c1. The van der Waals surface area contributed by atoms with Crippen molar-refractivity contribution in [1.82, 2.24) is 5.32 Å². The highest BCUT2D eigenvalue weighted by molar-refractivity contribution is 7.89. The fourth-order valence-corrected chi connectivity index (χ4v) is 3.82. The highest BCUT2D eigenvalue weighted by Gasteiger charge is 2.38. The number of benzene rings is 2. The molecule has 4 rings (SSSR count). The summed E-state index contributed by atoms with van der Waals surface area (Å²) in [6.07, 6.45) is 3.89. The lowest BCUT2D eigenvalue weighted by atomic mass is 10.1. The van der Waals surface area contributed by atoms with Crippen molar-refractivity contribution >= 4 is 21.6 Å². The minimum atomic E-state index is -3.84. The Morgan fingerprint density at radius 2 is 1.85 bits per heavy atom. The van der Waals surface area contributed by atoms with Crippen LogP contribution in [0.15, 0.2) is 53.4 Å². The van der Waals surface area contributed by atoms with Crippen LogP contribution in [-0.2, 0) is 10.0 Å². The molecule has 2 aromatic carbocycles. The number of carbonyl (C=O) groups excluding carboxylic acids is 1. The number of carbonyl (C=O) groups is 1. The Hall–Kier alpha value is -2.22. The van der Waals surface area contributed by atoms with Crippen molar-refractivity contribution in [3.05, 3.63) is 59.7 Å². The van der Waals surface area contributed by atoms with Crippen LogP contribution in [0.4, 0.5) is 5.69 Å². The molecule has 27 heavy (non-hydrogen) atoms.